The van der Waals surface area contributed by atoms with Crippen LogP contribution in [0.5, 0.6) is 11.5 Å². The second-order valence-electron chi connectivity index (χ2n) is 6.37. The molecule has 0 fully saturated rings. The van der Waals surface area contributed by atoms with E-state index in [1.807, 2.05) is 42.5 Å². The second kappa shape index (κ2) is 10.5. The maximum Gasteiger partial charge on any atom is 0.171 e. The van der Waals surface area contributed by atoms with E-state index in [4.69, 9.17) is 44.9 Å². The monoisotopic (exact) mass is 445 g/mol. The molecule has 0 amide bonds. The molecule has 0 aliphatic heterocycles. The van der Waals surface area contributed by atoms with Crippen molar-refractivity contribution in [2.75, 3.05) is 13.7 Å². The number of para-hydroxylation sites is 1. The van der Waals surface area contributed by atoms with Gasteiger partial charge >= 0.3 is 0 Å². The number of hydrogen-bond donors (Lipinski definition) is 1. The molecule has 0 atom stereocenters. The summed E-state index contributed by atoms with van der Waals surface area (Å²) in [6.45, 7) is 1.04. The zero-order chi connectivity index (χ0) is 20.6. The number of nitrogens with one attached hydrogen (secondary N) is 1. The smallest absolute Gasteiger partial charge is 0.171 e. The van der Waals surface area contributed by atoms with Gasteiger partial charge in [0.05, 0.1) is 22.7 Å². The molecule has 0 saturated carbocycles. The van der Waals surface area contributed by atoms with Gasteiger partial charge in [-0.25, -0.2) is 0 Å². The van der Waals surface area contributed by atoms with Gasteiger partial charge in [0.2, 0.25) is 0 Å². The summed E-state index contributed by atoms with van der Waals surface area (Å²) in [6.07, 6.45) is 0.879. The van der Waals surface area contributed by atoms with Gasteiger partial charge in [-0.15, -0.1) is 0 Å². The first-order valence-electron chi connectivity index (χ1n) is 9.14. The maximum atomic E-state index is 6.10. The highest BCUT2D eigenvalue weighted by atomic mass is 35.5. The van der Waals surface area contributed by atoms with Crippen LogP contribution in [0.4, 0.5) is 0 Å². The van der Waals surface area contributed by atoms with Gasteiger partial charge in [-0.3, -0.25) is 0 Å². The Kier molecular flexibility index (Phi) is 7.76. The van der Waals surface area contributed by atoms with Crippen molar-refractivity contribution in [3.8, 4) is 11.5 Å². The summed E-state index contributed by atoms with van der Waals surface area (Å²) in [4.78, 5) is 0.615. The molecule has 0 aliphatic carbocycles. The molecule has 0 radical (unpaired) electrons. The third-order valence-corrected chi connectivity index (χ3v) is 5.46. The molecule has 150 valence electrons. The molecule has 6 heteroatoms. The summed E-state index contributed by atoms with van der Waals surface area (Å²) < 4.78 is 11.6. The van der Waals surface area contributed by atoms with Crippen LogP contribution in [0.15, 0.2) is 66.7 Å². The lowest BCUT2D eigenvalue weighted by atomic mass is 10.1. The topological polar surface area (TPSA) is 30.5 Å². The number of benzene rings is 3. The van der Waals surface area contributed by atoms with E-state index < -0.39 is 0 Å². The van der Waals surface area contributed by atoms with Gasteiger partial charge < -0.3 is 14.8 Å². The molecule has 0 aliphatic rings. The van der Waals surface area contributed by atoms with E-state index >= 15 is 0 Å². The zero-order valence-corrected chi connectivity index (χ0v) is 18.3. The third kappa shape index (κ3) is 5.86. The van der Waals surface area contributed by atoms with Gasteiger partial charge in [0.15, 0.2) is 11.5 Å². The van der Waals surface area contributed by atoms with E-state index in [2.05, 4.69) is 17.4 Å². The highest BCUT2D eigenvalue weighted by molar-refractivity contribution is 7.80. The van der Waals surface area contributed by atoms with Crippen LogP contribution in [-0.2, 0) is 13.0 Å². The number of halogens is 2. The van der Waals surface area contributed by atoms with Crippen molar-refractivity contribution in [1.82, 2.24) is 5.32 Å². The fourth-order valence-corrected chi connectivity index (χ4v) is 3.43. The molecular weight excluding hydrogens is 425 g/mol. The summed E-state index contributed by atoms with van der Waals surface area (Å²) in [6, 6.07) is 21.3. The Labute approximate surface area is 186 Å². The number of methoxy groups -OCH3 is 1. The normalized spacial score (nSPS) is 10.4. The summed E-state index contributed by atoms with van der Waals surface area (Å²) in [5.74, 6) is 1.22. The fourth-order valence-electron chi connectivity index (χ4n) is 2.85. The molecule has 1 N–H and O–H groups in total. The Balaban J connectivity index is 1.70. The molecule has 0 heterocycles. The Morgan fingerprint density at radius 1 is 0.931 bits per heavy atom. The Hall–Kier alpha value is -2.27. The lowest BCUT2D eigenvalue weighted by Gasteiger charge is -2.17. The molecular formula is C23H21Cl2NO2S. The van der Waals surface area contributed by atoms with E-state index in [0.29, 0.717) is 33.1 Å². The number of hydrogen-bond acceptors (Lipinski definition) is 3. The van der Waals surface area contributed by atoms with Crippen LogP contribution in [0.1, 0.15) is 16.7 Å². The molecule has 3 aromatic rings. The first-order valence-corrected chi connectivity index (χ1v) is 10.3. The van der Waals surface area contributed by atoms with Crippen LogP contribution >= 0.6 is 35.4 Å². The minimum Gasteiger partial charge on any atom is -0.493 e. The molecule has 0 bridgehead atoms. The van der Waals surface area contributed by atoms with Crippen LogP contribution in [0.25, 0.3) is 0 Å². The van der Waals surface area contributed by atoms with Crippen LogP contribution in [-0.4, -0.2) is 18.6 Å². The molecule has 0 saturated heterocycles. The highest BCUT2D eigenvalue weighted by Crippen LogP contribution is 2.32. The predicted molar refractivity (Wildman–Crippen MR) is 124 cm³/mol. The molecule has 0 spiro atoms. The average Bonchev–Trinajstić information content (AvgIpc) is 2.75. The quantitative estimate of drug-likeness (QED) is 0.425. The molecule has 3 nitrogen and oxygen atoms in total. The van der Waals surface area contributed by atoms with Gasteiger partial charge in [0.25, 0.3) is 0 Å². The van der Waals surface area contributed by atoms with Crippen LogP contribution < -0.4 is 14.8 Å². The number of rotatable bonds is 8. The molecule has 3 rings (SSSR count). The second-order valence-corrected chi connectivity index (χ2v) is 7.59. The Bertz CT molecular complexity index is 980. The lowest BCUT2D eigenvalue weighted by Crippen LogP contribution is -2.25. The highest BCUT2D eigenvalue weighted by Gasteiger charge is 2.15. The largest absolute Gasteiger partial charge is 0.493 e. The number of thiocarbonyl (C=S) groups is 1. The fraction of sp³-hybridized carbons (Fsp3) is 0.174. The van der Waals surface area contributed by atoms with Crippen molar-refractivity contribution < 1.29 is 9.47 Å². The summed E-state index contributed by atoms with van der Waals surface area (Å²) in [5.41, 5.74) is 2.94. The predicted octanol–water partition coefficient (Wildman–Crippen LogP) is 6.09. The standard InChI is InChI=1S/C23H21Cl2NO2S/c1-27-21-9-5-8-18(23(29)26-13-12-16-6-3-2-4-7-16)22(21)28-15-17-10-11-19(24)20(25)14-17/h2-11,14H,12-13,15H2,1H3,(H,26,29). The van der Waals surface area contributed by atoms with Crippen molar-refractivity contribution in [1.29, 1.82) is 0 Å². The number of ether oxygens (including phenoxy) is 2. The van der Waals surface area contributed by atoms with Gasteiger partial charge in [0, 0.05) is 6.54 Å². The first kappa shape index (κ1) is 21.4. The van der Waals surface area contributed by atoms with Crippen LogP contribution in [0, 0.1) is 0 Å². The van der Waals surface area contributed by atoms with E-state index in [0.717, 1.165) is 24.1 Å². The average molecular weight is 446 g/mol. The SMILES string of the molecule is COc1cccc(C(=S)NCCc2ccccc2)c1OCc1ccc(Cl)c(Cl)c1. The van der Waals surface area contributed by atoms with Crippen LogP contribution in [0.2, 0.25) is 10.0 Å². The molecule has 0 unspecified atom stereocenters. The van der Waals surface area contributed by atoms with Crippen molar-refractivity contribution in [2.24, 2.45) is 0 Å². The Morgan fingerprint density at radius 3 is 2.45 bits per heavy atom. The summed E-state index contributed by atoms with van der Waals surface area (Å²) >= 11 is 17.7. The van der Waals surface area contributed by atoms with E-state index in [1.165, 1.54) is 5.56 Å². The summed E-state index contributed by atoms with van der Waals surface area (Å²) in [5, 5.41) is 4.31. The van der Waals surface area contributed by atoms with E-state index in [1.54, 1.807) is 19.2 Å². The van der Waals surface area contributed by atoms with Crippen molar-refractivity contribution >= 4 is 40.4 Å². The molecule has 3 aromatic carbocycles. The maximum absolute atomic E-state index is 6.10. The minimum absolute atomic E-state index is 0.316. The minimum atomic E-state index is 0.316. The lowest BCUT2D eigenvalue weighted by molar-refractivity contribution is 0.284. The first-order chi connectivity index (χ1) is 14.1. The molecule has 0 aromatic heterocycles. The van der Waals surface area contributed by atoms with Crippen LogP contribution in [0.3, 0.4) is 0 Å². The zero-order valence-electron chi connectivity index (χ0n) is 16.0. The summed E-state index contributed by atoms with van der Waals surface area (Å²) in [7, 11) is 1.61. The van der Waals surface area contributed by atoms with Crippen molar-refractivity contribution in [2.45, 2.75) is 13.0 Å². The van der Waals surface area contributed by atoms with Crippen molar-refractivity contribution in [3.05, 3.63) is 93.5 Å². The van der Waals surface area contributed by atoms with E-state index in [9.17, 15) is 0 Å². The van der Waals surface area contributed by atoms with E-state index in [-0.39, 0.29) is 0 Å². The third-order valence-electron chi connectivity index (χ3n) is 4.35. The molecule has 29 heavy (non-hydrogen) atoms. The van der Waals surface area contributed by atoms with Gasteiger partial charge in [-0.05, 0) is 41.8 Å². The van der Waals surface area contributed by atoms with Crippen molar-refractivity contribution in [3.63, 3.8) is 0 Å². The van der Waals surface area contributed by atoms with Gasteiger partial charge in [-0.2, -0.15) is 0 Å². The van der Waals surface area contributed by atoms with Gasteiger partial charge in [0.1, 0.15) is 11.6 Å². The Morgan fingerprint density at radius 2 is 1.72 bits per heavy atom. The van der Waals surface area contributed by atoms with Gasteiger partial charge in [-0.1, -0.05) is 77.9 Å².